The van der Waals surface area contributed by atoms with Crippen LogP contribution >= 0.6 is 11.8 Å². The first kappa shape index (κ1) is 11.3. The molecular weight excluding hydrogens is 190 g/mol. The second-order valence-electron chi connectivity index (χ2n) is 3.24. The fraction of sp³-hybridized carbons (Fsp3) is 0.333. The second-order valence-corrected chi connectivity index (χ2v) is 4.29. The van der Waals surface area contributed by atoms with Gasteiger partial charge < -0.3 is 5.73 Å². The fourth-order valence-electron chi connectivity index (χ4n) is 1.05. The normalized spacial score (nSPS) is 10.1. The first-order valence-electron chi connectivity index (χ1n) is 4.84. The van der Waals surface area contributed by atoms with E-state index in [2.05, 4.69) is 37.8 Å². The largest absolute Gasteiger partial charge is 0.326 e. The Bertz CT molecular complexity index is 307. The zero-order chi connectivity index (χ0) is 10.4. The van der Waals surface area contributed by atoms with Crippen LogP contribution in [0.1, 0.15) is 18.9 Å². The number of thioether (sulfide) groups is 1. The first-order valence-corrected chi connectivity index (χ1v) is 5.83. The summed E-state index contributed by atoms with van der Waals surface area (Å²) in [4.78, 5) is 1.28. The molecule has 1 rings (SSSR count). The van der Waals surface area contributed by atoms with Gasteiger partial charge in [-0.2, -0.15) is 0 Å². The minimum Gasteiger partial charge on any atom is -0.326 e. The zero-order valence-corrected chi connectivity index (χ0v) is 9.44. The average Bonchev–Trinajstić information content (AvgIpc) is 2.26. The topological polar surface area (TPSA) is 26.0 Å². The molecule has 0 saturated heterocycles. The number of hydrogen-bond donors (Lipinski definition) is 1. The number of benzene rings is 1. The SMILES string of the molecule is C=C(CC)CSc1cccc(CN)c1. The lowest BCUT2D eigenvalue weighted by Gasteiger charge is -2.04. The van der Waals surface area contributed by atoms with Crippen LogP contribution in [0, 0.1) is 0 Å². The van der Waals surface area contributed by atoms with Crippen LogP contribution in [0.15, 0.2) is 41.3 Å². The molecule has 0 unspecified atom stereocenters. The van der Waals surface area contributed by atoms with Crippen molar-refractivity contribution in [2.45, 2.75) is 24.8 Å². The highest BCUT2D eigenvalue weighted by molar-refractivity contribution is 7.99. The van der Waals surface area contributed by atoms with Gasteiger partial charge >= 0.3 is 0 Å². The average molecular weight is 207 g/mol. The van der Waals surface area contributed by atoms with E-state index >= 15 is 0 Å². The molecule has 2 N–H and O–H groups in total. The highest BCUT2D eigenvalue weighted by atomic mass is 32.2. The zero-order valence-electron chi connectivity index (χ0n) is 8.62. The second kappa shape index (κ2) is 5.89. The van der Waals surface area contributed by atoms with Gasteiger partial charge in [-0.1, -0.05) is 31.2 Å². The molecule has 0 amide bonds. The predicted molar refractivity (Wildman–Crippen MR) is 64.5 cm³/mol. The maximum atomic E-state index is 5.57. The van der Waals surface area contributed by atoms with Crippen LogP contribution in [0.25, 0.3) is 0 Å². The maximum absolute atomic E-state index is 5.57. The van der Waals surface area contributed by atoms with Gasteiger partial charge in [0.25, 0.3) is 0 Å². The highest BCUT2D eigenvalue weighted by Gasteiger charge is 1.96. The van der Waals surface area contributed by atoms with Gasteiger partial charge in [0.1, 0.15) is 0 Å². The van der Waals surface area contributed by atoms with Gasteiger partial charge in [-0.05, 0) is 24.1 Å². The third kappa shape index (κ3) is 3.56. The predicted octanol–water partition coefficient (Wildman–Crippen LogP) is 3.20. The quantitative estimate of drug-likeness (QED) is 0.592. The minimum absolute atomic E-state index is 0.614. The minimum atomic E-state index is 0.614. The summed E-state index contributed by atoms with van der Waals surface area (Å²) in [5, 5.41) is 0. The van der Waals surface area contributed by atoms with Crippen LogP contribution in [-0.2, 0) is 6.54 Å². The molecule has 0 spiro atoms. The van der Waals surface area contributed by atoms with E-state index in [1.165, 1.54) is 16.0 Å². The summed E-state index contributed by atoms with van der Waals surface area (Å²) >= 11 is 1.83. The smallest absolute Gasteiger partial charge is 0.0187 e. The lowest BCUT2D eigenvalue weighted by atomic mass is 10.2. The Morgan fingerprint density at radius 2 is 2.29 bits per heavy atom. The molecule has 76 valence electrons. The Morgan fingerprint density at radius 1 is 1.50 bits per heavy atom. The van der Waals surface area contributed by atoms with Gasteiger partial charge in [0.2, 0.25) is 0 Å². The number of nitrogens with two attached hydrogens (primary N) is 1. The molecule has 0 aromatic heterocycles. The van der Waals surface area contributed by atoms with Gasteiger partial charge in [0.05, 0.1) is 0 Å². The molecule has 1 aromatic rings. The Hall–Kier alpha value is -0.730. The molecule has 0 aliphatic carbocycles. The Morgan fingerprint density at radius 3 is 2.93 bits per heavy atom. The van der Waals surface area contributed by atoms with Crippen molar-refractivity contribution >= 4 is 11.8 Å². The summed E-state index contributed by atoms with van der Waals surface area (Å²) in [6.45, 7) is 6.74. The maximum Gasteiger partial charge on any atom is 0.0187 e. The summed E-state index contributed by atoms with van der Waals surface area (Å²) in [5.41, 5.74) is 8.05. The fourth-order valence-corrected chi connectivity index (χ4v) is 2.03. The lowest BCUT2D eigenvalue weighted by molar-refractivity contribution is 1.06. The molecule has 1 aromatic carbocycles. The number of rotatable bonds is 5. The molecule has 0 fully saturated rings. The summed E-state index contributed by atoms with van der Waals surface area (Å²) in [7, 11) is 0. The van der Waals surface area contributed by atoms with Crippen molar-refractivity contribution in [3.63, 3.8) is 0 Å². The summed E-state index contributed by atoms with van der Waals surface area (Å²) in [6, 6.07) is 8.37. The third-order valence-electron chi connectivity index (χ3n) is 2.08. The molecule has 0 bridgehead atoms. The molecular formula is C12H17NS. The lowest BCUT2D eigenvalue weighted by Crippen LogP contribution is -1.95. The van der Waals surface area contributed by atoms with Crippen molar-refractivity contribution in [3.8, 4) is 0 Å². The van der Waals surface area contributed by atoms with E-state index in [-0.39, 0.29) is 0 Å². The van der Waals surface area contributed by atoms with E-state index in [4.69, 9.17) is 5.73 Å². The van der Waals surface area contributed by atoms with Crippen molar-refractivity contribution in [3.05, 3.63) is 42.0 Å². The van der Waals surface area contributed by atoms with Crippen LogP contribution < -0.4 is 5.73 Å². The van der Waals surface area contributed by atoms with E-state index in [9.17, 15) is 0 Å². The van der Waals surface area contributed by atoms with E-state index < -0.39 is 0 Å². The molecule has 2 heteroatoms. The molecule has 0 saturated carbocycles. The van der Waals surface area contributed by atoms with Gasteiger partial charge in [0.15, 0.2) is 0 Å². The van der Waals surface area contributed by atoms with Crippen LogP contribution in [-0.4, -0.2) is 5.75 Å². The van der Waals surface area contributed by atoms with Crippen LogP contribution in [0.2, 0.25) is 0 Å². The van der Waals surface area contributed by atoms with Gasteiger partial charge in [-0.15, -0.1) is 11.8 Å². The highest BCUT2D eigenvalue weighted by Crippen LogP contribution is 2.21. The molecule has 1 nitrogen and oxygen atoms in total. The van der Waals surface area contributed by atoms with Gasteiger partial charge in [0, 0.05) is 17.2 Å². The monoisotopic (exact) mass is 207 g/mol. The van der Waals surface area contributed by atoms with E-state index in [1.807, 2.05) is 11.8 Å². The van der Waals surface area contributed by atoms with Crippen molar-refractivity contribution in [1.82, 2.24) is 0 Å². The Balaban J connectivity index is 2.54. The third-order valence-corrected chi connectivity index (χ3v) is 3.22. The molecule has 14 heavy (non-hydrogen) atoms. The van der Waals surface area contributed by atoms with Crippen LogP contribution in [0.5, 0.6) is 0 Å². The summed E-state index contributed by atoms with van der Waals surface area (Å²) in [6.07, 6.45) is 1.06. The Labute approximate surface area is 90.4 Å². The van der Waals surface area contributed by atoms with Crippen molar-refractivity contribution < 1.29 is 0 Å². The summed E-state index contributed by atoms with van der Waals surface area (Å²) < 4.78 is 0. The van der Waals surface area contributed by atoms with E-state index in [1.54, 1.807) is 0 Å². The standard InChI is InChI=1S/C12H17NS/c1-3-10(2)9-14-12-6-4-5-11(7-12)8-13/h4-7H,2-3,8-9,13H2,1H3. The van der Waals surface area contributed by atoms with E-state index in [0.717, 1.165) is 12.2 Å². The van der Waals surface area contributed by atoms with Gasteiger partial charge in [-0.25, -0.2) is 0 Å². The van der Waals surface area contributed by atoms with Gasteiger partial charge in [-0.3, -0.25) is 0 Å². The van der Waals surface area contributed by atoms with E-state index in [0.29, 0.717) is 6.54 Å². The number of hydrogen-bond acceptors (Lipinski definition) is 2. The molecule has 0 heterocycles. The molecule has 0 radical (unpaired) electrons. The molecule has 0 aliphatic heterocycles. The van der Waals surface area contributed by atoms with Crippen LogP contribution in [0.3, 0.4) is 0 Å². The molecule has 0 atom stereocenters. The Kier molecular flexibility index (Phi) is 4.77. The van der Waals surface area contributed by atoms with Crippen molar-refractivity contribution in [2.24, 2.45) is 5.73 Å². The molecule has 0 aliphatic rings. The first-order chi connectivity index (χ1) is 6.76. The summed E-state index contributed by atoms with van der Waals surface area (Å²) in [5.74, 6) is 1.00. The van der Waals surface area contributed by atoms with Crippen molar-refractivity contribution in [1.29, 1.82) is 0 Å². The van der Waals surface area contributed by atoms with Crippen LogP contribution in [0.4, 0.5) is 0 Å². The van der Waals surface area contributed by atoms with Crippen molar-refractivity contribution in [2.75, 3.05) is 5.75 Å².